The highest BCUT2D eigenvalue weighted by molar-refractivity contribution is 5.81. The van der Waals surface area contributed by atoms with E-state index in [0.717, 1.165) is 14.0 Å². The third kappa shape index (κ3) is 3.37. The van der Waals surface area contributed by atoms with E-state index in [9.17, 15) is 18.0 Å². The molecule has 0 saturated carbocycles. The summed E-state index contributed by atoms with van der Waals surface area (Å²) in [4.78, 5) is 11.1. The van der Waals surface area contributed by atoms with Gasteiger partial charge in [-0.1, -0.05) is 13.8 Å². The zero-order valence-electron chi connectivity index (χ0n) is 9.23. The van der Waals surface area contributed by atoms with Gasteiger partial charge >= 0.3 is 12.1 Å². The number of carbonyl (C=O) groups excluding carboxylic acids is 1. The van der Waals surface area contributed by atoms with Crippen molar-refractivity contribution in [3.05, 3.63) is 0 Å². The largest absolute Gasteiger partial charge is 0.467 e. The second-order valence-corrected chi connectivity index (χ2v) is 3.89. The highest BCUT2D eigenvalue weighted by Gasteiger charge is 2.57. The topological polar surface area (TPSA) is 38.3 Å². The minimum Gasteiger partial charge on any atom is -0.467 e. The van der Waals surface area contributed by atoms with Crippen molar-refractivity contribution in [1.29, 1.82) is 0 Å². The second-order valence-electron chi connectivity index (χ2n) is 3.89. The number of alkyl halides is 3. The van der Waals surface area contributed by atoms with Crippen LogP contribution in [0, 0.1) is 5.92 Å². The molecule has 0 bridgehead atoms. The Kier molecular flexibility index (Phi) is 4.58. The molecule has 0 aromatic rings. The molecule has 0 aliphatic heterocycles. The average molecular weight is 227 g/mol. The number of esters is 1. The number of methoxy groups -OCH3 is 1. The summed E-state index contributed by atoms with van der Waals surface area (Å²) in [6.07, 6.45) is -4.67. The lowest BCUT2D eigenvalue weighted by Crippen LogP contribution is -2.61. The molecule has 15 heavy (non-hydrogen) atoms. The minimum atomic E-state index is -4.67. The second kappa shape index (κ2) is 4.83. The smallest absolute Gasteiger partial charge is 0.417 e. The maximum atomic E-state index is 12.6. The number of ether oxygens (including phenoxy) is 1. The molecule has 0 heterocycles. The monoisotopic (exact) mass is 227 g/mol. The highest BCUT2D eigenvalue weighted by atomic mass is 19.4. The van der Waals surface area contributed by atoms with Crippen LogP contribution in [0.15, 0.2) is 0 Å². The molecule has 0 fully saturated rings. The first-order valence-corrected chi connectivity index (χ1v) is 4.55. The van der Waals surface area contributed by atoms with Gasteiger partial charge < -0.3 is 4.74 Å². The van der Waals surface area contributed by atoms with Gasteiger partial charge in [-0.05, 0) is 19.4 Å². The van der Waals surface area contributed by atoms with Crippen LogP contribution in [0.5, 0.6) is 0 Å². The van der Waals surface area contributed by atoms with Crippen molar-refractivity contribution in [2.75, 3.05) is 13.7 Å². The summed E-state index contributed by atoms with van der Waals surface area (Å²) < 4.78 is 42.0. The molecule has 90 valence electrons. The van der Waals surface area contributed by atoms with Crippen LogP contribution >= 0.6 is 0 Å². The summed E-state index contributed by atoms with van der Waals surface area (Å²) >= 11 is 0. The Morgan fingerprint density at radius 3 is 2.13 bits per heavy atom. The molecular formula is C9H16F3NO2. The third-order valence-electron chi connectivity index (χ3n) is 2.02. The van der Waals surface area contributed by atoms with Gasteiger partial charge in [0.05, 0.1) is 7.11 Å². The predicted molar refractivity (Wildman–Crippen MR) is 49.3 cm³/mol. The van der Waals surface area contributed by atoms with E-state index >= 15 is 0 Å². The first kappa shape index (κ1) is 14.2. The molecular weight excluding hydrogens is 211 g/mol. The van der Waals surface area contributed by atoms with Crippen molar-refractivity contribution in [3.63, 3.8) is 0 Å². The van der Waals surface area contributed by atoms with E-state index in [4.69, 9.17) is 0 Å². The van der Waals surface area contributed by atoms with Gasteiger partial charge in [0.2, 0.25) is 5.54 Å². The van der Waals surface area contributed by atoms with Crippen molar-refractivity contribution >= 4 is 5.97 Å². The van der Waals surface area contributed by atoms with E-state index < -0.39 is 17.7 Å². The first-order valence-electron chi connectivity index (χ1n) is 4.55. The summed E-state index contributed by atoms with van der Waals surface area (Å²) in [6, 6.07) is 0. The molecule has 0 aromatic carbocycles. The first-order chi connectivity index (χ1) is 6.65. The van der Waals surface area contributed by atoms with Crippen LogP contribution in [0.3, 0.4) is 0 Å². The summed E-state index contributed by atoms with van der Waals surface area (Å²) in [5.41, 5.74) is -2.63. The molecule has 0 radical (unpaired) electrons. The van der Waals surface area contributed by atoms with E-state index in [0.29, 0.717) is 0 Å². The fraction of sp³-hybridized carbons (Fsp3) is 0.889. The van der Waals surface area contributed by atoms with Crippen LogP contribution in [0.1, 0.15) is 20.8 Å². The summed E-state index contributed by atoms with van der Waals surface area (Å²) in [6.45, 7) is 4.37. The van der Waals surface area contributed by atoms with Gasteiger partial charge in [-0.2, -0.15) is 13.2 Å². The Hall–Kier alpha value is -0.780. The Morgan fingerprint density at radius 1 is 1.40 bits per heavy atom. The standard InChI is InChI=1S/C9H16F3NO2/c1-6(2)5-13-8(3,7(14)15-4)9(10,11)12/h6,13H,5H2,1-4H3. The third-order valence-corrected chi connectivity index (χ3v) is 2.02. The molecule has 0 rings (SSSR count). The van der Waals surface area contributed by atoms with Crippen LogP contribution < -0.4 is 5.32 Å². The average Bonchev–Trinajstić information content (AvgIpc) is 2.10. The van der Waals surface area contributed by atoms with Crippen molar-refractivity contribution in [3.8, 4) is 0 Å². The lowest BCUT2D eigenvalue weighted by Gasteiger charge is -2.30. The molecule has 6 heteroatoms. The molecule has 1 atom stereocenters. The maximum absolute atomic E-state index is 12.6. The normalized spacial score (nSPS) is 16.3. The van der Waals surface area contributed by atoms with Gasteiger partial charge in [-0.15, -0.1) is 0 Å². The number of nitrogens with one attached hydrogen (secondary N) is 1. The predicted octanol–water partition coefficient (Wildman–Crippen LogP) is 1.73. The Balaban J connectivity index is 4.80. The number of halogens is 3. The molecule has 0 saturated heterocycles. The number of carbonyl (C=O) groups is 1. The maximum Gasteiger partial charge on any atom is 0.417 e. The number of rotatable bonds is 4. The zero-order chi connectivity index (χ0) is 12.3. The van der Waals surface area contributed by atoms with Crippen LogP contribution in [0.4, 0.5) is 13.2 Å². The molecule has 1 unspecified atom stereocenters. The van der Waals surface area contributed by atoms with Crippen molar-refractivity contribution in [2.24, 2.45) is 5.92 Å². The van der Waals surface area contributed by atoms with E-state index in [1.165, 1.54) is 0 Å². The van der Waals surface area contributed by atoms with Crippen molar-refractivity contribution in [1.82, 2.24) is 5.32 Å². The lowest BCUT2D eigenvalue weighted by molar-refractivity contribution is -0.208. The Morgan fingerprint density at radius 2 is 1.87 bits per heavy atom. The summed E-state index contributed by atoms with van der Waals surface area (Å²) in [5, 5.41) is 2.19. The van der Waals surface area contributed by atoms with Crippen LogP contribution in [0.2, 0.25) is 0 Å². The molecule has 3 nitrogen and oxygen atoms in total. The van der Waals surface area contributed by atoms with Crippen LogP contribution in [-0.4, -0.2) is 31.3 Å². The zero-order valence-corrected chi connectivity index (χ0v) is 9.23. The van der Waals surface area contributed by atoms with Crippen LogP contribution in [0.25, 0.3) is 0 Å². The van der Waals surface area contributed by atoms with Gasteiger partial charge in [-0.25, -0.2) is 4.79 Å². The molecule has 0 aliphatic carbocycles. The van der Waals surface area contributed by atoms with E-state index in [1.54, 1.807) is 13.8 Å². The van der Waals surface area contributed by atoms with Crippen LogP contribution in [-0.2, 0) is 9.53 Å². The Labute approximate surface area is 87.0 Å². The SMILES string of the molecule is COC(=O)C(C)(NCC(C)C)C(F)(F)F. The summed E-state index contributed by atoms with van der Waals surface area (Å²) in [5.74, 6) is -1.31. The van der Waals surface area contributed by atoms with Gasteiger partial charge in [0.25, 0.3) is 0 Å². The molecule has 0 aliphatic rings. The van der Waals surface area contributed by atoms with Gasteiger partial charge in [0, 0.05) is 0 Å². The van der Waals surface area contributed by atoms with Gasteiger partial charge in [-0.3, -0.25) is 5.32 Å². The van der Waals surface area contributed by atoms with Crippen molar-refractivity contribution < 1.29 is 22.7 Å². The number of hydrogen-bond donors (Lipinski definition) is 1. The van der Waals surface area contributed by atoms with Gasteiger partial charge in [0.15, 0.2) is 0 Å². The quantitative estimate of drug-likeness (QED) is 0.743. The number of hydrogen-bond acceptors (Lipinski definition) is 3. The Bertz CT molecular complexity index is 228. The van der Waals surface area contributed by atoms with E-state index in [-0.39, 0.29) is 12.5 Å². The molecule has 1 N–H and O–H groups in total. The fourth-order valence-corrected chi connectivity index (χ4v) is 0.900. The van der Waals surface area contributed by atoms with E-state index in [2.05, 4.69) is 10.1 Å². The van der Waals surface area contributed by atoms with Crippen molar-refractivity contribution in [2.45, 2.75) is 32.5 Å². The summed E-state index contributed by atoms with van der Waals surface area (Å²) in [7, 11) is 0.934. The highest BCUT2D eigenvalue weighted by Crippen LogP contribution is 2.31. The molecule has 0 amide bonds. The molecule has 0 spiro atoms. The lowest BCUT2D eigenvalue weighted by atomic mass is 10.0. The molecule has 0 aromatic heterocycles. The minimum absolute atomic E-state index is 0.0105. The van der Waals surface area contributed by atoms with Gasteiger partial charge in [0.1, 0.15) is 0 Å². The fourth-order valence-electron chi connectivity index (χ4n) is 0.900. The van der Waals surface area contributed by atoms with E-state index in [1.807, 2.05) is 0 Å².